The Hall–Kier alpha value is -4.49. The van der Waals surface area contributed by atoms with Crippen molar-refractivity contribution in [3.63, 3.8) is 0 Å². The number of phenolic OH excluding ortho intramolecular Hbond substituents is 1. The Labute approximate surface area is 237 Å². The predicted molar refractivity (Wildman–Crippen MR) is 149 cm³/mol. The Balaban J connectivity index is 2.24. The van der Waals surface area contributed by atoms with Crippen molar-refractivity contribution in [2.75, 3.05) is 6.54 Å². The molecule has 13 nitrogen and oxygen atoms in total. The Morgan fingerprint density at radius 1 is 0.707 bits per heavy atom. The summed E-state index contributed by atoms with van der Waals surface area (Å²) in [5, 5.41) is 35.8. The summed E-state index contributed by atoms with van der Waals surface area (Å²) >= 11 is 0. The number of aromatic hydroxyl groups is 1. The lowest BCUT2D eigenvalue weighted by molar-refractivity contribution is -0.142. The van der Waals surface area contributed by atoms with Gasteiger partial charge in [-0.15, -0.1) is 0 Å². The van der Waals surface area contributed by atoms with Crippen molar-refractivity contribution in [2.24, 2.45) is 11.5 Å². The Bertz CT molecular complexity index is 1180. The van der Waals surface area contributed by atoms with E-state index < -0.39 is 60.2 Å². The Morgan fingerprint density at radius 3 is 1.83 bits per heavy atom. The van der Waals surface area contributed by atoms with Gasteiger partial charge in [0.15, 0.2) is 0 Å². The lowest BCUT2D eigenvalue weighted by Crippen LogP contribution is -2.58. The molecule has 0 saturated carbocycles. The predicted octanol–water partition coefficient (Wildman–Crippen LogP) is -0.353. The first-order valence-electron chi connectivity index (χ1n) is 13.1. The fourth-order valence-electron chi connectivity index (χ4n) is 3.99. The van der Waals surface area contributed by atoms with E-state index in [1.807, 2.05) is 0 Å². The molecule has 0 aliphatic heterocycles. The highest BCUT2D eigenvalue weighted by Gasteiger charge is 2.31. The van der Waals surface area contributed by atoms with Gasteiger partial charge in [-0.05, 0) is 49.1 Å². The van der Waals surface area contributed by atoms with Gasteiger partial charge in [-0.25, -0.2) is 4.79 Å². The van der Waals surface area contributed by atoms with E-state index >= 15 is 0 Å². The largest absolute Gasteiger partial charge is 0.508 e. The first-order valence-corrected chi connectivity index (χ1v) is 13.1. The van der Waals surface area contributed by atoms with E-state index in [-0.39, 0.29) is 25.0 Å². The van der Waals surface area contributed by atoms with E-state index in [4.69, 9.17) is 16.6 Å². The van der Waals surface area contributed by atoms with Gasteiger partial charge in [0.1, 0.15) is 23.9 Å². The molecule has 2 aromatic carbocycles. The number of rotatable bonds is 17. The number of unbranched alkanes of at least 4 members (excludes halogenated alkanes) is 1. The molecule has 0 saturated heterocycles. The van der Waals surface area contributed by atoms with Crippen molar-refractivity contribution >= 4 is 29.7 Å². The number of hydrogen-bond donors (Lipinski definition) is 8. The van der Waals surface area contributed by atoms with Crippen molar-refractivity contribution in [3.8, 4) is 5.75 Å². The van der Waals surface area contributed by atoms with Crippen LogP contribution >= 0.6 is 0 Å². The topological polar surface area (TPSA) is 234 Å². The molecule has 13 heteroatoms. The minimum atomic E-state index is -1.43. The van der Waals surface area contributed by atoms with Crippen LogP contribution in [0.1, 0.15) is 36.8 Å². The lowest BCUT2D eigenvalue weighted by Gasteiger charge is -2.25. The zero-order valence-corrected chi connectivity index (χ0v) is 22.5. The molecule has 0 aliphatic carbocycles. The number of nitrogens with two attached hydrogens (primary N) is 2. The van der Waals surface area contributed by atoms with E-state index in [0.717, 1.165) is 0 Å². The summed E-state index contributed by atoms with van der Waals surface area (Å²) in [5.74, 6) is -4.94. The molecule has 0 fully saturated rings. The maximum Gasteiger partial charge on any atom is 0.326 e. The van der Waals surface area contributed by atoms with Crippen LogP contribution in [0.2, 0.25) is 0 Å². The van der Waals surface area contributed by atoms with Gasteiger partial charge in [-0.3, -0.25) is 19.2 Å². The van der Waals surface area contributed by atoms with Crippen LogP contribution in [0.4, 0.5) is 0 Å². The van der Waals surface area contributed by atoms with E-state index in [0.29, 0.717) is 30.5 Å². The monoisotopic (exact) mass is 571 g/mol. The van der Waals surface area contributed by atoms with Gasteiger partial charge in [0.05, 0.1) is 12.5 Å². The SMILES string of the molecule is NCCCCC(NC(=O)C(Cc1ccc(O)cc1)NC(=O)C(N)CC(=O)O)C(=O)NC(Cc1ccccc1)C(=O)O. The fraction of sp³-hybridized carbons (Fsp3) is 0.393. The smallest absolute Gasteiger partial charge is 0.326 e. The molecule has 0 heterocycles. The molecule has 2 rings (SSSR count). The van der Waals surface area contributed by atoms with Crippen LogP contribution in [0.15, 0.2) is 54.6 Å². The molecule has 0 spiro atoms. The summed E-state index contributed by atoms with van der Waals surface area (Å²) in [6.45, 7) is 0.342. The summed E-state index contributed by atoms with van der Waals surface area (Å²) < 4.78 is 0. The van der Waals surface area contributed by atoms with E-state index in [2.05, 4.69) is 16.0 Å². The fourth-order valence-corrected chi connectivity index (χ4v) is 3.99. The molecule has 4 unspecified atom stereocenters. The molecule has 10 N–H and O–H groups in total. The summed E-state index contributed by atoms with van der Waals surface area (Å²) in [7, 11) is 0. The second-order valence-corrected chi connectivity index (χ2v) is 9.57. The summed E-state index contributed by atoms with van der Waals surface area (Å²) in [6, 6.07) is 9.47. The third-order valence-electron chi connectivity index (χ3n) is 6.22. The number of amides is 3. The van der Waals surface area contributed by atoms with Gasteiger partial charge in [-0.1, -0.05) is 42.5 Å². The second kappa shape index (κ2) is 16.6. The highest BCUT2D eigenvalue weighted by Crippen LogP contribution is 2.13. The molecule has 0 bridgehead atoms. The van der Waals surface area contributed by atoms with Crippen LogP contribution in [0.25, 0.3) is 0 Å². The second-order valence-electron chi connectivity index (χ2n) is 9.57. The van der Waals surface area contributed by atoms with Crippen molar-refractivity contribution in [1.82, 2.24) is 16.0 Å². The van der Waals surface area contributed by atoms with Crippen LogP contribution in [-0.4, -0.2) is 75.7 Å². The molecule has 3 amide bonds. The van der Waals surface area contributed by atoms with Crippen LogP contribution in [-0.2, 0) is 36.8 Å². The van der Waals surface area contributed by atoms with E-state index in [1.54, 1.807) is 30.3 Å². The quantitative estimate of drug-likeness (QED) is 0.115. The maximum atomic E-state index is 13.4. The highest BCUT2D eigenvalue weighted by molar-refractivity contribution is 5.95. The van der Waals surface area contributed by atoms with Gasteiger partial charge >= 0.3 is 11.9 Å². The summed E-state index contributed by atoms with van der Waals surface area (Å²) in [4.78, 5) is 62.1. The van der Waals surface area contributed by atoms with E-state index in [9.17, 15) is 34.2 Å². The van der Waals surface area contributed by atoms with Crippen molar-refractivity contribution in [3.05, 3.63) is 65.7 Å². The lowest BCUT2D eigenvalue weighted by atomic mass is 10.0. The van der Waals surface area contributed by atoms with Crippen molar-refractivity contribution < 1.29 is 39.3 Å². The number of nitrogens with one attached hydrogen (secondary N) is 3. The van der Waals surface area contributed by atoms with E-state index in [1.165, 1.54) is 24.3 Å². The van der Waals surface area contributed by atoms with Crippen LogP contribution < -0.4 is 27.4 Å². The molecule has 0 aromatic heterocycles. The van der Waals surface area contributed by atoms with Crippen LogP contribution in [0, 0.1) is 0 Å². The summed E-state index contributed by atoms with van der Waals surface area (Å²) in [6.07, 6.45) is 0.423. The first-order chi connectivity index (χ1) is 19.5. The molecule has 0 radical (unpaired) electrons. The third kappa shape index (κ3) is 11.6. The molecular formula is C28H37N5O8. The molecule has 2 aromatic rings. The third-order valence-corrected chi connectivity index (χ3v) is 6.22. The highest BCUT2D eigenvalue weighted by atomic mass is 16.4. The number of hydrogen-bond acceptors (Lipinski definition) is 8. The van der Waals surface area contributed by atoms with Crippen LogP contribution in [0.3, 0.4) is 0 Å². The number of phenols is 1. The first kappa shape index (κ1) is 32.7. The number of benzene rings is 2. The standard InChI is InChI=1S/C28H37N5O8/c29-13-5-4-8-21(26(38)33-23(28(40)41)15-17-6-2-1-3-7-17)31-27(39)22(14-18-9-11-19(34)12-10-18)32-25(37)20(30)16-24(35)36/h1-3,6-7,9-12,20-23,34H,4-5,8,13-16,29-30H2,(H,31,39)(H,32,37)(H,33,38)(H,35,36)(H,40,41). The molecule has 4 atom stereocenters. The number of carboxylic acid groups (broad SMARTS) is 2. The number of carboxylic acids is 2. The number of carbonyl (C=O) groups is 5. The average molecular weight is 572 g/mol. The maximum absolute atomic E-state index is 13.4. The van der Waals surface area contributed by atoms with Gasteiger partial charge in [0.2, 0.25) is 17.7 Å². The molecule has 222 valence electrons. The molecular weight excluding hydrogens is 534 g/mol. The minimum Gasteiger partial charge on any atom is -0.508 e. The van der Waals surface area contributed by atoms with Crippen molar-refractivity contribution in [1.29, 1.82) is 0 Å². The number of aliphatic carboxylic acids is 2. The molecule has 41 heavy (non-hydrogen) atoms. The average Bonchev–Trinajstić information content (AvgIpc) is 2.93. The van der Waals surface area contributed by atoms with Gasteiger partial charge < -0.3 is 42.7 Å². The van der Waals surface area contributed by atoms with Crippen molar-refractivity contribution in [2.45, 2.75) is 62.7 Å². The zero-order chi connectivity index (χ0) is 30.4. The Kier molecular flexibility index (Phi) is 13.2. The van der Waals surface area contributed by atoms with Gasteiger partial charge in [-0.2, -0.15) is 0 Å². The normalized spacial score (nSPS) is 13.7. The Morgan fingerprint density at radius 2 is 1.24 bits per heavy atom. The minimum absolute atomic E-state index is 0.0117. The van der Waals surface area contributed by atoms with Gasteiger partial charge in [0, 0.05) is 12.8 Å². The van der Waals surface area contributed by atoms with Crippen LogP contribution in [0.5, 0.6) is 5.75 Å². The number of carbonyl (C=O) groups excluding carboxylic acids is 3. The zero-order valence-electron chi connectivity index (χ0n) is 22.5. The molecule has 0 aliphatic rings. The summed E-state index contributed by atoms with van der Waals surface area (Å²) in [5.41, 5.74) is 12.5. The van der Waals surface area contributed by atoms with Gasteiger partial charge in [0.25, 0.3) is 0 Å².